The molecule has 0 saturated heterocycles. The Balaban J connectivity index is 1.74. The molecule has 22 heavy (non-hydrogen) atoms. The lowest BCUT2D eigenvalue weighted by Gasteiger charge is -2.04. The maximum Gasteiger partial charge on any atom is 0.275 e. The van der Waals surface area contributed by atoms with Gasteiger partial charge in [0, 0.05) is 17.3 Å². The Morgan fingerprint density at radius 3 is 2.68 bits per heavy atom. The summed E-state index contributed by atoms with van der Waals surface area (Å²) in [5.41, 5.74) is 3.20. The van der Waals surface area contributed by atoms with E-state index in [1.807, 2.05) is 42.5 Å². The van der Waals surface area contributed by atoms with Crippen molar-refractivity contribution in [3.8, 4) is 10.7 Å². The van der Waals surface area contributed by atoms with Gasteiger partial charge in [-0.3, -0.25) is 9.78 Å². The van der Waals surface area contributed by atoms with Crippen molar-refractivity contribution >= 4 is 22.9 Å². The molecule has 4 nitrogen and oxygen atoms in total. The molecule has 1 aromatic carbocycles. The van der Waals surface area contributed by atoms with Gasteiger partial charge in [0.25, 0.3) is 5.91 Å². The molecule has 0 aliphatic carbocycles. The van der Waals surface area contributed by atoms with Gasteiger partial charge in [-0.1, -0.05) is 25.1 Å². The molecular formula is C17H15N3OS. The van der Waals surface area contributed by atoms with E-state index >= 15 is 0 Å². The van der Waals surface area contributed by atoms with E-state index in [1.165, 1.54) is 16.9 Å². The Bertz CT molecular complexity index is 766. The molecule has 2 aromatic heterocycles. The molecule has 1 amide bonds. The standard InChI is InChI=1S/C17H15N3OS/c1-2-12-6-8-13(9-7-12)19-16(21)15-11-22-17(20-15)14-5-3-4-10-18-14/h3-11H,2H2,1H3,(H,19,21). The van der Waals surface area contributed by atoms with Crippen LogP contribution in [0.1, 0.15) is 23.0 Å². The molecule has 0 fully saturated rings. The van der Waals surface area contributed by atoms with Crippen LogP contribution in [0, 0.1) is 0 Å². The summed E-state index contributed by atoms with van der Waals surface area (Å²) in [6.07, 6.45) is 2.69. The normalized spacial score (nSPS) is 10.4. The fraction of sp³-hybridized carbons (Fsp3) is 0.118. The van der Waals surface area contributed by atoms with Crippen LogP contribution < -0.4 is 5.32 Å². The molecule has 3 aromatic rings. The minimum atomic E-state index is -0.206. The van der Waals surface area contributed by atoms with E-state index in [-0.39, 0.29) is 5.91 Å². The second-order valence-electron chi connectivity index (χ2n) is 4.76. The summed E-state index contributed by atoms with van der Waals surface area (Å²) in [5.74, 6) is -0.206. The fourth-order valence-electron chi connectivity index (χ4n) is 2.00. The molecule has 0 bridgehead atoms. The van der Waals surface area contributed by atoms with Crippen molar-refractivity contribution in [2.24, 2.45) is 0 Å². The Kier molecular flexibility index (Phi) is 4.25. The third-order valence-electron chi connectivity index (χ3n) is 3.24. The molecule has 0 spiro atoms. The number of nitrogens with one attached hydrogen (secondary N) is 1. The molecule has 110 valence electrons. The average molecular weight is 309 g/mol. The van der Waals surface area contributed by atoms with Crippen molar-refractivity contribution in [1.29, 1.82) is 0 Å². The minimum Gasteiger partial charge on any atom is -0.321 e. The zero-order valence-electron chi connectivity index (χ0n) is 12.1. The van der Waals surface area contributed by atoms with Gasteiger partial charge in [-0.05, 0) is 36.2 Å². The summed E-state index contributed by atoms with van der Waals surface area (Å²) in [6.45, 7) is 2.10. The molecule has 1 N–H and O–H groups in total. The number of aromatic nitrogens is 2. The van der Waals surface area contributed by atoms with Gasteiger partial charge in [-0.2, -0.15) is 0 Å². The summed E-state index contributed by atoms with van der Waals surface area (Å²) in [5, 5.41) is 5.35. The Morgan fingerprint density at radius 1 is 1.18 bits per heavy atom. The smallest absolute Gasteiger partial charge is 0.275 e. The van der Waals surface area contributed by atoms with Crippen LogP contribution in [-0.2, 0) is 6.42 Å². The first-order valence-electron chi connectivity index (χ1n) is 7.03. The number of rotatable bonds is 4. The third kappa shape index (κ3) is 3.20. The number of thiazole rings is 1. The van der Waals surface area contributed by atoms with E-state index in [0.29, 0.717) is 5.69 Å². The highest BCUT2D eigenvalue weighted by Crippen LogP contribution is 2.22. The number of benzene rings is 1. The van der Waals surface area contributed by atoms with E-state index in [1.54, 1.807) is 11.6 Å². The summed E-state index contributed by atoms with van der Waals surface area (Å²) in [7, 11) is 0. The molecule has 2 heterocycles. The van der Waals surface area contributed by atoms with Gasteiger partial charge in [0.2, 0.25) is 0 Å². The van der Waals surface area contributed by atoms with Crippen LogP contribution in [0.25, 0.3) is 10.7 Å². The van der Waals surface area contributed by atoms with Gasteiger partial charge < -0.3 is 5.32 Å². The van der Waals surface area contributed by atoms with Crippen LogP contribution in [0.4, 0.5) is 5.69 Å². The van der Waals surface area contributed by atoms with Gasteiger partial charge in [-0.15, -0.1) is 11.3 Å². The zero-order chi connectivity index (χ0) is 15.4. The number of pyridine rings is 1. The summed E-state index contributed by atoms with van der Waals surface area (Å²) >= 11 is 1.41. The molecule has 3 rings (SSSR count). The summed E-state index contributed by atoms with van der Waals surface area (Å²) in [4.78, 5) is 20.8. The quantitative estimate of drug-likeness (QED) is 0.792. The number of hydrogen-bond acceptors (Lipinski definition) is 4. The van der Waals surface area contributed by atoms with Gasteiger partial charge >= 0.3 is 0 Å². The molecule has 0 aliphatic heterocycles. The monoisotopic (exact) mass is 309 g/mol. The predicted octanol–water partition coefficient (Wildman–Crippen LogP) is 4.02. The topological polar surface area (TPSA) is 54.9 Å². The first-order chi connectivity index (χ1) is 10.8. The number of nitrogens with zero attached hydrogens (tertiary/aromatic N) is 2. The van der Waals surface area contributed by atoms with Crippen molar-refractivity contribution < 1.29 is 4.79 Å². The van der Waals surface area contributed by atoms with Crippen molar-refractivity contribution in [3.05, 3.63) is 65.3 Å². The van der Waals surface area contributed by atoms with Crippen LogP contribution in [-0.4, -0.2) is 15.9 Å². The summed E-state index contributed by atoms with van der Waals surface area (Å²) < 4.78 is 0. The maximum absolute atomic E-state index is 12.2. The van der Waals surface area contributed by atoms with Crippen molar-refractivity contribution in [3.63, 3.8) is 0 Å². The van der Waals surface area contributed by atoms with Crippen molar-refractivity contribution in [2.75, 3.05) is 5.32 Å². The lowest BCUT2D eigenvalue weighted by molar-refractivity contribution is 0.102. The molecule has 0 unspecified atom stereocenters. The minimum absolute atomic E-state index is 0.206. The van der Waals surface area contributed by atoms with E-state index in [9.17, 15) is 4.79 Å². The number of hydrogen-bond donors (Lipinski definition) is 1. The fourth-order valence-corrected chi connectivity index (χ4v) is 2.78. The van der Waals surface area contributed by atoms with E-state index < -0.39 is 0 Å². The lowest BCUT2D eigenvalue weighted by atomic mass is 10.1. The lowest BCUT2D eigenvalue weighted by Crippen LogP contribution is -2.12. The van der Waals surface area contributed by atoms with Crippen LogP contribution in [0.2, 0.25) is 0 Å². The second-order valence-corrected chi connectivity index (χ2v) is 5.62. The number of carbonyl (C=O) groups is 1. The van der Waals surface area contributed by atoms with Crippen LogP contribution in [0.5, 0.6) is 0 Å². The van der Waals surface area contributed by atoms with Crippen molar-refractivity contribution in [2.45, 2.75) is 13.3 Å². The summed E-state index contributed by atoms with van der Waals surface area (Å²) in [6, 6.07) is 13.5. The molecule has 0 radical (unpaired) electrons. The molecule has 0 saturated carbocycles. The average Bonchev–Trinajstić information content (AvgIpc) is 3.06. The molecular weight excluding hydrogens is 294 g/mol. The number of aryl methyl sites for hydroxylation is 1. The number of amides is 1. The Hall–Kier alpha value is -2.53. The second kappa shape index (κ2) is 6.49. The van der Waals surface area contributed by atoms with Crippen molar-refractivity contribution in [1.82, 2.24) is 9.97 Å². The highest BCUT2D eigenvalue weighted by atomic mass is 32.1. The Labute approximate surface area is 132 Å². The van der Waals surface area contributed by atoms with Crippen LogP contribution in [0.15, 0.2) is 54.0 Å². The SMILES string of the molecule is CCc1ccc(NC(=O)c2csc(-c3ccccn3)n2)cc1. The highest BCUT2D eigenvalue weighted by molar-refractivity contribution is 7.13. The Morgan fingerprint density at radius 2 is 2.00 bits per heavy atom. The van der Waals surface area contributed by atoms with E-state index in [0.717, 1.165) is 22.8 Å². The third-order valence-corrected chi connectivity index (χ3v) is 4.11. The first kappa shape index (κ1) is 14.4. The van der Waals surface area contributed by atoms with Gasteiger partial charge in [0.15, 0.2) is 0 Å². The number of anilines is 1. The van der Waals surface area contributed by atoms with Gasteiger partial charge in [-0.25, -0.2) is 4.98 Å². The van der Waals surface area contributed by atoms with Gasteiger partial charge in [0.1, 0.15) is 10.7 Å². The maximum atomic E-state index is 12.2. The number of carbonyl (C=O) groups excluding carboxylic acids is 1. The van der Waals surface area contributed by atoms with E-state index in [4.69, 9.17) is 0 Å². The van der Waals surface area contributed by atoms with E-state index in [2.05, 4.69) is 22.2 Å². The zero-order valence-corrected chi connectivity index (χ0v) is 12.9. The molecule has 5 heteroatoms. The predicted molar refractivity (Wildman–Crippen MR) is 89.1 cm³/mol. The van der Waals surface area contributed by atoms with Gasteiger partial charge in [0.05, 0.1) is 5.69 Å². The van der Waals surface area contributed by atoms with Crippen LogP contribution >= 0.6 is 11.3 Å². The van der Waals surface area contributed by atoms with Crippen LogP contribution in [0.3, 0.4) is 0 Å². The highest BCUT2D eigenvalue weighted by Gasteiger charge is 2.12. The largest absolute Gasteiger partial charge is 0.321 e. The first-order valence-corrected chi connectivity index (χ1v) is 7.91. The molecule has 0 atom stereocenters. The molecule has 0 aliphatic rings.